The van der Waals surface area contributed by atoms with Crippen LogP contribution < -0.4 is 10.5 Å². The summed E-state index contributed by atoms with van der Waals surface area (Å²) >= 11 is 0. The number of ether oxygens (including phenoxy) is 1. The van der Waals surface area contributed by atoms with Crippen molar-refractivity contribution in [2.24, 2.45) is 5.73 Å². The van der Waals surface area contributed by atoms with Crippen LogP contribution in [0.4, 0.5) is 4.39 Å². The number of rotatable bonds is 4. The maximum absolute atomic E-state index is 12.0. The average molecular weight is 220 g/mol. The molecule has 0 saturated heterocycles. The molecule has 0 spiro atoms. The highest BCUT2D eigenvalue weighted by Gasteiger charge is 2.04. The first-order chi connectivity index (χ1) is 6.27. The fourth-order valence-corrected chi connectivity index (χ4v) is 1.14. The van der Waals surface area contributed by atoms with E-state index >= 15 is 0 Å². The third-order valence-electron chi connectivity index (χ3n) is 1.96. The van der Waals surface area contributed by atoms with Gasteiger partial charge in [-0.2, -0.15) is 0 Å². The molecule has 0 unspecified atom stereocenters. The van der Waals surface area contributed by atoms with Gasteiger partial charge in [-0.25, -0.2) is 0 Å². The van der Waals surface area contributed by atoms with Crippen molar-refractivity contribution in [3.63, 3.8) is 0 Å². The summed E-state index contributed by atoms with van der Waals surface area (Å²) in [5.74, 6) is 0.788. The minimum Gasteiger partial charge on any atom is -0.497 e. The summed E-state index contributed by atoms with van der Waals surface area (Å²) in [5.41, 5.74) is 6.66. The molecule has 0 aliphatic heterocycles. The van der Waals surface area contributed by atoms with Crippen LogP contribution in [0.2, 0.25) is 0 Å². The minimum absolute atomic E-state index is 0. The number of hydrogen-bond donors (Lipinski definition) is 1. The fourth-order valence-electron chi connectivity index (χ4n) is 1.14. The first-order valence-electron chi connectivity index (χ1n) is 4.23. The van der Waals surface area contributed by atoms with E-state index in [-0.39, 0.29) is 25.1 Å². The largest absolute Gasteiger partial charge is 0.497 e. The van der Waals surface area contributed by atoms with Gasteiger partial charge in [0.1, 0.15) is 5.75 Å². The van der Waals surface area contributed by atoms with Crippen LogP contribution in [0.5, 0.6) is 5.75 Å². The summed E-state index contributed by atoms with van der Waals surface area (Å²) in [6, 6.07) is 7.16. The number of halogens is 2. The third kappa shape index (κ3) is 3.52. The van der Waals surface area contributed by atoms with Gasteiger partial charge in [-0.1, -0.05) is 12.1 Å². The second-order valence-corrected chi connectivity index (χ2v) is 2.86. The summed E-state index contributed by atoms with van der Waals surface area (Å²) in [4.78, 5) is 0. The summed E-state index contributed by atoms with van der Waals surface area (Å²) in [7, 11) is 1.61. The topological polar surface area (TPSA) is 35.2 Å². The van der Waals surface area contributed by atoms with Crippen molar-refractivity contribution in [3.05, 3.63) is 29.8 Å². The van der Waals surface area contributed by atoms with Gasteiger partial charge in [-0.05, 0) is 24.1 Å². The van der Waals surface area contributed by atoms with Crippen molar-refractivity contribution in [3.8, 4) is 5.75 Å². The molecule has 1 aromatic carbocycles. The van der Waals surface area contributed by atoms with Crippen LogP contribution in [-0.2, 0) is 0 Å². The highest BCUT2D eigenvalue weighted by molar-refractivity contribution is 5.85. The molecule has 0 saturated carbocycles. The lowest BCUT2D eigenvalue weighted by molar-refractivity contribution is 0.414. The van der Waals surface area contributed by atoms with E-state index in [0.717, 1.165) is 11.3 Å². The maximum Gasteiger partial charge on any atom is 0.118 e. The molecule has 2 nitrogen and oxygen atoms in total. The van der Waals surface area contributed by atoms with E-state index in [1.165, 1.54) is 0 Å². The van der Waals surface area contributed by atoms with Crippen LogP contribution in [0.1, 0.15) is 18.0 Å². The summed E-state index contributed by atoms with van der Waals surface area (Å²) < 4.78 is 17.0. The molecular formula is C10H15ClFNO. The Morgan fingerprint density at radius 1 is 1.36 bits per heavy atom. The first-order valence-corrected chi connectivity index (χ1v) is 4.23. The fraction of sp³-hybridized carbons (Fsp3) is 0.400. The van der Waals surface area contributed by atoms with Gasteiger partial charge in [-0.15, -0.1) is 12.4 Å². The third-order valence-corrected chi connectivity index (χ3v) is 1.96. The van der Waals surface area contributed by atoms with E-state index in [0.29, 0.717) is 6.42 Å². The highest BCUT2D eigenvalue weighted by atomic mass is 35.5. The van der Waals surface area contributed by atoms with Crippen LogP contribution in [0.3, 0.4) is 0 Å². The Labute approximate surface area is 89.7 Å². The molecule has 0 aliphatic carbocycles. The molecule has 2 N–H and O–H groups in total. The Morgan fingerprint density at radius 2 is 1.93 bits per heavy atom. The van der Waals surface area contributed by atoms with Crippen LogP contribution in [0.25, 0.3) is 0 Å². The van der Waals surface area contributed by atoms with E-state index in [1.54, 1.807) is 7.11 Å². The minimum atomic E-state index is -0.382. The Morgan fingerprint density at radius 3 is 2.36 bits per heavy atom. The summed E-state index contributed by atoms with van der Waals surface area (Å²) in [6.45, 7) is -0.382. The highest BCUT2D eigenvalue weighted by Crippen LogP contribution is 2.17. The number of nitrogens with two attached hydrogens (primary N) is 1. The lowest BCUT2D eigenvalue weighted by Crippen LogP contribution is -2.10. The van der Waals surface area contributed by atoms with Crippen molar-refractivity contribution < 1.29 is 9.13 Å². The lowest BCUT2D eigenvalue weighted by Gasteiger charge is -2.09. The lowest BCUT2D eigenvalue weighted by atomic mass is 10.1. The van der Waals surface area contributed by atoms with E-state index in [4.69, 9.17) is 10.5 Å². The van der Waals surface area contributed by atoms with Crippen LogP contribution in [0, 0.1) is 0 Å². The Balaban J connectivity index is 0.00000169. The van der Waals surface area contributed by atoms with Crippen molar-refractivity contribution in [2.45, 2.75) is 12.5 Å². The van der Waals surface area contributed by atoms with Gasteiger partial charge in [0, 0.05) is 6.04 Å². The monoisotopic (exact) mass is 219 g/mol. The molecule has 14 heavy (non-hydrogen) atoms. The second kappa shape index (κ2) is 6.62. The van der Waals surface area contributed by atoms with Crippen molar-refractivity contribution in [2.75, 3.05) is 13.8 Å². The number of alkyl halides is 1. The molecule has 0 fully saturated rings. The smallest absolute Gasteiger partial charge is 0.118 e. The molecule has 1 rings (SSSR count). The van der Waals surface area contributed by atoms with Crippen LogP contribution in [-0.4, -0.2) is 13.8 Å². The predicted octanol–water partition coefficient (Wildman–Crippen LogP) is 2.48. The molecule has 0 bridgehead atoms. The zero-order chi connectivity index (χ0) is 9.68. The number of benzene rings is 1. The standard InChI is InChI=1S/C10H14FNO.ClH/c1-13-9-4-2-8(3-5-9)10(12)6-7-11;/h2-5,10H,6-7,12H2,1H3;1H/t10-;/m1./s1. The molecule has 1 aromatic rings. The van der Waals surface area contributed by atoms with E-state index < -0.39 is 0 Å². The summed E-state index contributed by atoms with van der Waals surface area (Å²) in [5, 5.41) is 0. The van der Waals surface area contributed by atoms with E-state index in [2.05, 4.69) is 0 Å². The van der Waals surface area contributed by atoms with Crippen molar-refractivity contribution in [1.29, 1.82) is 0 Å². The van der Waals surface area contributed by atoms with Gasteiger partial charge in [0.2, 0.25) is 0 Å². The Kier molecular flexibility index (Phi) is 6.25. The molecule has 0 radical (unpaired) electrons. The van der Waals surface area contributed by atoms with Gasteiger partial charge in [0.05, 0.1) is 13.8 Å². The second-order valence-electron chi connectivity index (χ2n) is 2.86. The summed E-state index contributed by atoms with van der Waals surface area (Å²) in [6.07, 6.45) is 0.367. The molecule has 1 atom stereocenters. The maximum atomic E-state index is 12.0. The molecule has 0 heterocycles. The van der Waals surface area contributed by atoms with Gasteiger partial charge >= 0.3 is 0 Å². The zero-order valence-corrected chi connectivity index (χ0v) is 8.89. The quantitative estimate of drug-likeness (QED) is 0.845. The van der Waals surface area contributed by atoms with Gasteiger partial charge < -0.3 is 10.5 Å². The normalized spacial score (nSPS) is 11.6. The van der Waals surface area contributed by atoms with Crippen molar-refractivity contribution >= 4 is 12.4 Å². The number of methoxy groups -OCH3 is 1. The molecule has 0 amide bonds. The molecule has 80 valence electrons. The zero-order valence-electron chi connectivity index (χ0n) is 8.07. The molecular weight excluding hydrogens is 205 g/mol. The van der Waals surface area contributed by atoms with Crippen molar-refractivity contribution in [1.82, 2.24) is 0 Å². The SMILES string of the molecule is COc1ccc([C@H](N)CCF)cc1.Cl. The van der Waals surface area contributed by atoms with Crippen LogP contribution >= 0.6 is 12.4 Å². The van der Waals surface area contributed by atoms with Gasteiger partial charge in [0.25, 0.3) is 0 Å². The predicted molar refractivity (Wildman–Crippen MR) is 57.8 cm³/mol. The Bertz CT molecular complexity index is 253. The molecule has 0 aromatic heterocycles. The first kappa shape index (κ1) is 13.2. The van der Waals surface area contributed by atoms with E-state index in [9.17, 15) is 4.39 Å². The van der Waals surface area contributed by atoms with Crippen LogP contribution in [0.15, 0.2) is 24.3 Å². The average Bonchev–Trinajstić information content (AvgIpc) is 2.18. The van der Waals surface area contributed by atoms with Gasteiger partial charge in [0.15, 0.2) is 0 Å². The Hall–Kier alpha value is -0.800. The van der Waals surface area contributed by atoms with E-state index in [1.807, 2.05) is 24.3 Å². The van der Waals surface area contributed by atoms with Gasteiger partial charge in [-0.3, -0.25) is 4.39 Å². The number of hydrogen-bond acceptors (Lipinski definition) is 2. The molecule has 4 heteroatoms. The molecule has 0 aliphatic rings.